The molecule has 0 spiro atoms. The van der Waals surface area contributed by atoms with Crippen LogP contribution in [-0.2, 0) is 10.0 Å². The second-order valence-corrected chi connectivity index (χ2v) is 8.26. The first-order chi connectivity index (χ1) is 8.38. The monoisotopic (exact) mass is 395 g/mol. The van der Waals surface area contributed by atoms with Crippen molar-refractivity contribution in [2.45, 2.75) is 37.1 Å². The van der Waals surface area contributed by atoms with E-state index in [1.165, 1.54) is 0 Å². The third-order valence-electron chi connectivity index (χ3n) is 3.20. The van der Waals surface area contributed by atoms with Crippen molar-refractivity contribution in [3.8, 4) is 0 Å². The summed E-state index contributed by atoms with van der Waals surface area (Å²) in [6, 6.07) is 5.15. The number of sulfonamides is 1. The van der Waals surface area contributed by atoms with E-state index in [-0.39, 0.29) is 6.04 Å². The number of benzene rings is 1. The Labute approximate surface area is 125 Å². The van der Waals surface area contributed by atoms with Gasteiger partial charge in [-0.25, -0.2) is 13.1 Å². The van der Waals surface area contributed by atoms with Crippen molar-refractivity contribution >= 4 is 41.9 Å². The Kier molecular flexibility index (Phi) is 4.52. The van der Waals surface area contributed by atoms with E-state index in [2.05, 4.69) is 43.5 Å². The van der Waals surface area contributed by atoms with Crippen LogP contribution in [0.5, 0.6) is 0 Å². The molecule has 1 aliphatic rings. The highest BCUT2D eigenvalue weighted by atomic mass is 79.9. The largest absolute Gasteiger partial charge is 0.241 e. The summed E-state index contributed by atoms with van der Waals surface area (Å²) in [4.78, 5) is 0.297. The molecule has 2 rings (SSSR count). The van der Waals surface area contributed by atoms with Crippen LogP contribution < -0.4 is 4.72 Å². The van der Waals surface area contributed by atoms with Gasteiger partial charge in [-0.05, 0) is 59.3 Å². The summed E-state index contributed by atoms with van der Waals surface area (Å²) in [5, 5.41) is 0. The highest BCUT2D eigenvalue weighted by molar-refractivity contribution is 9.11. The van der Waals surface area contributed by atoms with Crippen LogP contribution in [0.2, 0.25) is 0 Å². The number of hydrogen-bond donors (Lipinski definition) is 1. The van der Waals surface area contributed by atoms with Crippen LogP contribution >= 0.6 is 31.9 Å². The molecular weight excluding hydrogens is 382 g/mol. The first-order valence-electron chi connectivity index (χ1n) is 5.86. The van der Waals surface area contributed by atoms with Crippen LogP contribution in [0.15, 0.2) is 32.0 Å². The molecule has 2 unspecified atom stereocenters. The second-order valence-electron chi connectivity index (χ2n) is 4.81. The molecule has 100 valence electrons. The van der Waals surface area contributed by atoms with Crippen LogP contribution in [0.25, 0.3) is 0 Å². The van der Waals surface area contributed by atoms with Gasteiger partial charge in [0.05, 0.1) is 4.90 Å². The van der Waals surface area contributed by atoms with Crippen molar-refractivity contribution in [3.05, 3.63) is 27.1 Å². The first kappa shape index (κ1) is 14.5. The lowest BCUT2D eigenvalue weighted by molar-refractivity contribution is 0.538. The van der Waals surface area contributed by atoms with E-state index in [0.29, 0.717) is 15.3 Å². The summed E-state index contributed by atoms with van der Waals surface area (Å²) in [5.41, 5.74) is 0. The Balaban J connectivity index is 2.20. The molecule has 0 heterocycles. The minimum Gasteiger partial charge on any atom is -0.208 e. The van der Waals surface area contributed by atoms with E-state index in [1.807, 2.05) is 0 Å². The van der Waals surface area contributed by atoms with Gasteiger partial charge < -0.3 is 0 Å². The molecule has 0 aromatic heterocycles. The van der Waals surface area contributed by atoms with Gasteiger partial charge in [0.2, 0.25) is 10.0 Å². The predicted molar refractivity (Wildman–Crippen MR) is 79.0 cm³/mol. The fourth-order valence-corrected chi connectivity index (χ4v) is 5.32. The lowest BCUT2D eigenvalue weighted by Gasteiger charge is -2.14. The summed E-state index contributed by atoms with van der Waals surface area (Å²) in [6.45, 7) is 2.16. The number of halogens is 2. The fraction of sp³-hybridized carbons (Fsp3) is 0.500. The molecule has 0 radical (unpaired) electrons. The van der Waals surface area contributed by atoms with Gasteiger partial charge in [-0.15, -0.1) is 0 Å². The fourth-order valence-electron chi connectivity index (χ4n) is 2.29. The van der Waals surface area contributed by atoms with Crippen molar-refractivity contribution in [1.82, 2.24) is 4.72 Å². The van der Waals surface area contributed by atoms with Crippen LogP contribution in [0.3, 0.4) is 0 Å². The lowest BCUT2D eigenvalue weighted by atomic mass is 10.1. The Morgan fingerprint density at radius 1 is 1.28 bits per heavy atom. The summed E-state index contributed by atoms with van der Waals surface area (Å²) < 4.78 is 28.8. The van der Waals surface area contributed by atoms with Crippen LogP contribution in [-0.4, -0.2) is 14.5 Å². The summed E-state index contributed by atoms with van der Waals surface area (Å²) in [5.74, 6) is 0.603. The molecule has 3 nitrogen and oxygen atoms in total. The van der Waals surface area contributed by atoms with Crippen molar-refractivity contribution in [2.75, 3.05) is 0 Å². The molecule has 1 aliphatic carbocycles. The maximum absolute atomic E-state index is 12.3. The molecule has 1 aromatic carbocycles. The third-order valence-corrected chi connectivity index (χ3v) is 6.19. The Morgan fingerprint density at radius 2 is 2.00 bits per heavy atom. The molecule has 1 N–H and O–H groups in total. The molecule has 0 saturated heterocycles. The molecule has 2 atom stereocenters. The SMILES string of the molecule is CC1CCC(NS(=O)(=O)c2ccc(Br)cc2Br)C1. The standard InChI is InChI=1S/C12H15Br2NO2S/c1-8-2-4-10(6-8)15-18(16,17)12-5-3-9(13)7-11(12)14/h3,5,7-8,10,15H,2,4,6H2,1H3. The summed E-state index contributed by atoms with van der Waals surface area (Å²) in [6.07, 6.45) is 2.94. The zero-order chi connectivity index (χ0) is 13.3. The van der Waals surface area contributed by atoms with E-state index in [4.69, 9.17) is 0 Å². The van der Waals surface area contributed by atoms with Crippen molar-refractivity contribution in [1.29, 1.82) is 0 Å². The van der Waals surface area contributed by atoms with E-state index in [0.717, 1.165) is 23.7 Å². The van der Waals surface area contributed by atoms with Gasteiger partial charge in [0.1, 0.15) is 0 Å². The lowest BCUT2D eigenvalue weighted by Crippen LogP contribution is -2.33. The van der Waals surface area contributed by atoms with Crippen LogP contribution in [0.4, 0.5) is 0 Å². The van der Waals surface area contributed by atoms with Gasteiger partial charge in [0, 0.05) is 15.0 Å². The van der Waals surface area contributed by atoms with E-state index in [1.54, 1.807) is 18.2 Å². The average Bonchev–Trinajstić information content (AvgIpc) is 2.62. The normalized spacial score (nSPS) is 24.4. The number of hydrogen-bond acceptors (Lipinski definition) is 2. The van der Waals surface area contributed by atoms with Crippen molar-refractivity contribution in [3.63, 3.8) is 0 Å². The quantitative estimate of drug-likeness (QED) is 0.846. The van der Waals surface area contributed by atoms with Gasteiger partial charge >= 0.3 is 0 Å². The Bertz CT molecular complexity index is 545. The van der Waals surface area contributed by atoms with Gasteiger partial charge in [0.15, 0.2) is 0 Å². The van der Waals surface area contributed by atoms with E-state index in [9.17, 15) is 8.42 Å². The smallest absolute Gasteiger partial charge is 0.208 e. The maximum Gasteiger partial charge on any atom is 0.241 e. The third kappa shape index (κ3) is 3.35. The molecule has 1 aromatic rings. The minimum atomic E-state index is -3.43. The molecule has 1 fully saturated rings. The zero-order valence-corrected chi connectivity index (χ0v) is 14.0. The predicted octanol–water partition coefficient (Wildman–Crippen LogP) is 3.68. The van der Waals surface area contributed by atoms with Crippen LogP contribution in [0.1, 0.15) is 26.2 Å². The van der Waals surface area contributed by atoms with Gasteiger partial charge in [-0.1, -0.05) is 22.9 Å². The summed E-state index contributed by atoms with van der Waals surface area (Å²) in [7, 11) is -3.43. The summed E-state index contributed by atoms with van der Waals surface area (Å²) >= 11 is 6.61. The first-order valence-corrected chi connectivity index (χ1v) is 8.93. The van der Waals surface area contributed by atoms with Gasteiger partial charge in [-0.3, -0.25) is 0 Å². The maximum atomic E-state index is 12.3. The van der Waals surface area contributed by atoms with Crippen LogP contribution in [0, 0.1) is 5.92 Å². The Hall–Kier alpha value is 0.0900. The molecule has 18 heavy (non-hydrogen) atoms. The molecule has 0 aliphatic heterocycles. The molecule has 0 amide bonds. The molecule has 6 heteroatoms. The highest BCUT2D eigenvalue weighted by Crippen LogP contribution is 2.29. The number of rotatable bonds is 3. The van der Waals surface area contributed by atoms with Crippen molar-refractivity contribution < 1.29 is 8.42 Å². The number of nitrogens with one attached hydrogen (secondary N) is 1. The average molecular weight is 397 g/mol. The van der Waals surface area contributed by atoms with Crippen molar-refractivity contribution in [2.24, 2.45) is 5.92 Å². The minimum absolute atomic E-state index is 0.0700. The Morgan fingerprint density at radius 3 is 2.56 bits per heavy atom. The van der Waals surface area contributed by atoms with Gasteiger partial charge in [-0.2, -0.15) is 0 Å². The second kappa shape index (κ2) is 5.61. The van der Waals surface area contributed by atoms with E-state index < -0.39 is 10.0 Å². The van der Waals surface area contributed by atoms with E-state index >= 15 is 0 Å². The van der Waals surface area contributed by atoms with Gasteiger partial charge in [0.25, 0.3) is 0 Å². The molecule has 1 saturated carbocycles. The topological polar surface area (TPSA) is 46.2 Å². The molecular formula is C12H15Br2NO2S. The molecule has 0 bridgehead atoms. The highest BCUT2D eigenvalue weighted by Gasteiger charge is 2.27. The zero-order valence-electron chi connectivity index (χ0n) is 9.99.